The van der Waals surface area contributed by atoms with Gasteiger partial charge in [-0.3, -0.25) is 24.5 Å². The number of thiazole rings is 1. The summed E-state index contributed by atoms with van der Waals surface area (Å²) in [6.45, 7) is 0. The van der Waals surface area contributed by atoms with Gasteiger partial charge in [0.05, 0.1) is 21.6 Å². The van der Waals surface area contributed by atoms with E-state index in [2.05, 4.69) is 20.9 Å². The van der Waals surface area contributed by atoms with Crippen LogP contribution in [0.5, 0.6) is 0 Å². The molecular formula is C20H12BrN3O5S2. The minimum absolute atomic E-state index is 0.0710. The Kier molecular flexibility index (Phi) is 4.83. The number of nitro groups is 1. The Balaban J connectivity index is 1.63. The average molecular weight is 518 g/mol. The Morgan fingerprint density at radius 2 is 1.68 bits per heavy atom. The molecule has 2 aliphatic heterocycles. The number of H-pyrrole nitrogens is 1. The van der Waals surface area contributed by atoms with Crippen LogP contribution in [0.4, 0.5) is 11.4 Å². The van der Waals surface area contributed by atoms with Crippen molar-refractivity contribution in [2.24, 2.45) is 5.92 Å². The Hall–Kier alpha value is -2.76. The number of aromatic nitrogens is 1. The van der Waals surface area contributed by atoms with Gasteiger partial charge in [0.2, 0.25) is 11.8 Å². The van der Waals surface area contributed by atoms with E-state index in [1.807, 2.05) is 0 Å². The van der Waals surface area contributed by atoms with Crippen molar-refractivity contribution < 1.29 is 14.5 Å². The maximum Gasteiger partial charge on any atom is 0.305 e. The molecule has 0 radical (unpaired) electrons. The lowest BCUT2D eigenvalue weighted by Crippen LogP contribution is -2.32. The number of nitrogens with zero attached hydrogens (tertiary/aromatic N) is 2. The molecule has 2 aromatic carbocycles. The van der Waals surface area contributed by atoms with E-state index >= 15 is 0 Å². The van der Waals surface area contributed by atoms with Crippen LogP contribution in [0.25, 0.3) is 0 Å². The van der Waals surface area contributed by atoms with E-state index in [0.29, 0.717) is 21.2 Å². The molecule has 8 nitrogen and oxygen atoms in total. The zero-order chi connectivity index (χ0) is 21.9. The molecule has 156 valence electrons. The van der Waals surface area contributed by atoms with Gasteiger partial charge >= 0.3 is 4.87 Å². The van der Waals surface area contributed by atoms with Gasteiger partial charge in [-0.05, 0) is 29.8 Å². The van der Waals surface area contributed by atoms with Gasteiger partial charge in [-0.15, -0.1) is 0 Å². The normalized spacial score (nSPS) is 22.4. The second kappa shape index (κ2) is 7.43. The van der Waals surface area contributed by atoms with Gasteiger partial charge in [-0.1, -0.05) is 51.2 Å². The largest absolute Gasteiger partial charge is 0.307 e. The standard InChI is InChI=1S/C20H12BrN3O5S2/c21-10-3-7-11(8-4-10)23-18(25)14-13(9-1-5-12(6-2-9)24(28)29)15-17(22-20(27)31-15)30-16(14)19(23)26/h1-8,13-14,16H,(H,22,27)/t13-,14+,16+/m0/s1. The molecule has 0 saturated carbocycles. The molecule has 3 aromatic rings. The Labute approximate surface area is 191 Å². The lowest BCUT2D eigenvalue weighted by atomic mass is 9.83. The fourth-order valence-electron chi connectivity index (χ4n) is 4.02. The summed E-state index contributed by atoms with van der Waals surface area (Å²) in [5, 5.41) is 10.9. The number of imide groups is 1. The van der Waals surface area contributed by atoms with E-state index in [9.17, 15) is 24.5 Å². The van der Waals surface area contributed by atoms with E-state index in [1.54, 1.807) is 36.4 Å². The Morgan fingerprint density at radius 1 is 1.00 bits per heavy atom. The van der Waals surface area contributed by atoms with Crippen molar-refractivity contribution in [3.8, 4) is 0 Å². The first-order valence-corrected chi connectivity index (χ1v) is 11.6. The zero-order valence-electron chi connectivity index (χ0n) is 15.5. The number of thioether (sulfide) groups is 1. The number of fused-ring (bicyclic) bond motifs is 2. The lowest BCUT2D eigenvalue weighted by molar-refractivity contribution is -0.384. The molecule has 0 bridgehead atoms. The van der Waals surface area contributed by atoms with Gasteiger partial charge in [0.1, 0.15) is 5.25 Å². The molecule has 31 heavy (non-hydrogen) atoms. The number of halogens is 1. The number of nitrogens with one attached hydrogen (secondary N) is 1. The molecular weight excluding hydrogens is 506 g/mol. The van der Waals surface area contributed by atoms with Crippen LogP contribution in [0, 0.1) is 16.0 Å². The number of benzene rings is 2. The number of hydrogen-bond donors (Lipinski definition) is 1. The molecule has 1 N–H and O–H groups in total. The van der Waals surface area contributed by atoms with Crippen molar-refractivity contribution in [1.82, 2.24) is 4.98 Å². The second-order valence-corrected chi connectivity index (χ2v) is 10.2. The maximum absolute atomic E-state index is 13.5. The monoisotopic (exact) mass is 517 g/mol. The third kappa shape index (κ3) is 3.24. The summed E-state index contributed by atoms with van der Waals surface area (Å²) in [6, 6.07) is 12.8. The number of nitro benzene ring substituents is 1. The van der Waals surface area contributed by atoms with Crippen LogP contribution in [0.3, 0.4) is 0 Å². The summed E-state index contributed by atoms with van der Waals surface area (Å²) in [4.78, 5) is 53.7. The summed E-state index contributed by atoms with van der Waals surface area (Å²) in [5.74, 6) is -1.96. The number of rotatable bonds is 3. The smallest absolute Gasteiger partial charge is 0.305 e. The van der Waals surface area contributed by atoms with Crippen molar-refractivity contribution in [1.29, 1.82) is 0 Å². The molecule has 2 amide bonds. The number of carbonyl (C=O) groups excluding carboxylic acids is 2. The molecule has 1 aromatic heterocycles. The van der Waals surface area contributed by atoms with Gasteiger partial charge in [0.15, 0.2) is 0 Å². The molecule has 5 rings (SSSR count). The highest BCUT2D eigenvalue weighted by Gasteiger charge is 2.56. The Morgan fingerprint density at radius 3 is 2.32 bits per heavy atom. The van der Waals surface area contributed by atoms with Crippen molar-refractivity contribution >= 4 is 62.2 Å². The van der Waals surface area contributed by atoms with Crippen LogP contribution in [0.1, 0.15) is 16.4 Å². The van der Waals surface area contributed by atoms with Crippen LogP contribution < -0.4 is 9.77 Å². The minimum atomic E-state index is -0.721. The summed E-state index contributed by atoms with van der Waals surface area (Å²) in [5.41, 5.74) is 1.06. The predicted molar refractivity (Wildman–Crippen MR) is 120 cm³/mol. The highest BCUT2D eigenvalue weighted by molar-refractivity contribution is 9.10. The van der Waals surface area contributed by atoms with E-state index in [4.69, 9.17) is 0 Å². The van der Waals surface area contributed by atoms with Gasteiger partial charge in [0.25, 0.3) is 5.69 Å². The Bertz CT molecular complexity index is 1290. The first-order valence-electron chi connectivity index (χ1n) is 9.12. The van der Waals surface area contributed by atoms with E-state index in [0.717, 1.165) is 15.8 Å². The van der Waals surface area contributed by atoms with Gasteiger partial charge in [0, 0.05) is 27.4 Å². The fourth-order valence-corrected chi connectivity index (χ4v) is 6.80. The summed E-state index contributed by atoms with van der Waals surface area (Å²) < 4.78 is 0.825. The number of amides is 2. The number of non-ortho nitro benzene ring substituents is 1. The minimum Gasteiger partial charge on any atom is -0.307 e. The van der Waals surface area contributed by atoms with E-state index in [1.165, 1.54) is 28.8 Å². The van der Waals surface area contributed by atoms with Crippen molar-refractivity contribution in [2.75, 3.05) is 4.90 Å². The summed E-state index contributed by atoms with van der Waals surface area (Å²) >= 11 is 5.54. The lowest BCUT2D eigenvalue weighted by Gasteiger charge is -2.29. The molecule has 0 spiro atoms. The van der Waals surface area contributed by atoms with Crippen molar-refractivity contribution in [3.05, 3.63) is 83.2 Å². The fraction of sp³-hybridized carbons (Fsp3) is 0.150. The van der Waals surface area contributed by atoms with E-state index in [-0.39, 0.29) is 22.4 Å². The topological polar surface area (TPSA) is 113 Å². The highest BCUT2D eigenvalue weighted by Crippen LogP contribution is 2.53. The van der Waals surface area contributed by atoms with Gasteiger partial charge in [-0.25, -0.2) is 4.90 Å². The molecule has 1 fully saturated rings. The van der Waals surface area contributed by atoms with E-state index < -0.39 is 22.0 Å². The number of carbonyl (C=O) groups is 2. The number of hydrogen-bond acceptors (Lipinski definition) is 7. The molecule has 0 aliphatic carbocycles. The number of anilines is 1. The van der Waals surface area contributed by atoms with Crippen molar-refractivity contribution in [2.45, 2.75) is 16.2 Å². The third-order valence-electron chi connectivity index (χ3n) is 5.37. The van der Waals surface area contributed by atoms with Gasteiger partial charge in [-0.2, -0.15) is 0 Å². The van der Waals surface area contributed by atoms with Crippen molar-refractivity contribution in [3.63, 3.8) is 0 Å². The summed E-state index contributed by atoms with van der Waals surface area (Å²) in [6.07, 6.45) is 0. The summed E-state index contributed by atoms with van der Waals surface area (Å²) in [7, 11) is 0. The van der Waals surface area contributed by atoms with Crippen LogP contribution >= 0.6 is 39.0 Å². The van der Waals surface area contributed by atoms with Gasteiger partial charge < -0.3 is 4.98 Å². The third-order valence-corrected chi connectivity index (χ3v) is 8.30. The second-order valence-electron chi connectivity index (χ2n) is 7.09. The first-order chi connectivity index (χ1) is 14.8. The van der Waals surface area contributed by atoms with Crippen LogP contribution in [0.15, 0.2) is 62.8 Å². The molecule has 11 heteroatoms. The predicted octanol–water partition coefficient (Wildman–Crippen LogP) is 3.90. The van der Waals surface area contributed by atoms with Crippen LogP contribution in [-0.2, 0) is 9.59 Å². The SMILES string of the molecule is O=C1[C@@H]2[C@H](c3ccc([N+](=O)[O-])cc3)c3sc(=O)[nH]c3S[C@H]2C(=O)N1c1ccc(Br)cc1. The molecule has 0 unspecified atom stereocenters. The molecule has 1 saturated heterocycles. The maximum atomic E-state index is 13.5. The zero-order valence-corrected chi connectivity index (χ0v) is 18.7. The quantitative estimate of drug-likeness (QED) is 0.320. The highest BCUT2D eigenvalue weighted by atomic mass is 79.9. The first kappa shape index (κ1) is 20.2. The molecule has 2 aliphatic rings. The average Bonchev–Trinajstić information content (AvgIpc) is 3.24. The molecule has 3 heterocycles. The van der Waals surface area contributed by atoms with Crippen LogP contribution in [-0.4, -0.2) is 27.0 Å². The van der Waals surface area contributed by atoms with Crippen LogP contribution in [0.2, 0.25) is 0 Å². The molecule has 3 atom stereocenters. The number of aromatic amines is 1.